The molecule has 6 nitrogen and oxygen atoms in total. The SMILES string of the molecule is CCNc1cccnc1N(CCO)S(C)(=O)=O. The Morgan fingerprint density at radius 1 is 1.53 bits per heavy atom. The highest BCUT2D eigenvalue weighted by Crippen LogP contribution is 2.24. The predicted octanol–water partition coefficient (Wildman–Crippen LogP) is 0.272. The molecule has 0 aliphatic rings. The van der Waals surface area contributed by atoms with E-state index in [4.69, 9.17) is 5.11 Å². The fourth-order valence-corrected chi connectivity index (χ4v) is 2.32. The van der Waals surface area contributed by atoms with Crippen molar-refractivity contribution in [2.45, 2.75) is 6.92 Å². The highest BCUT2D eigenvalue weighted by atomic mass is 32.2. The molecule has 0 aliphatic heterocycles. The molecule has 0 saturated heterocycles. The van der Waals surface area contributed by atoms with Crippen LogP contribution in [0, 0.1) is 0 Å². The van der Waals surface area contributed by atoms with Gasteiger partial charge in [-0.2, -0.15) is 0 Å². The number of sulfonamides is 1. The van der Waals surface area contributed by atoms with Crippen molar-refractivity contribution in [2.75, 3.05) is 35.6 Å². The largest absolute Gasteiger partial charge is 0.394 e. The summed E-state index contributed by atoms with van der Waals surface area (Å²) in [5, 5.41) is 12.0. The van der Waals surface area contributed by atoms with Gasteiger partial charge < -0.3 is 10.4 Å². The average molecular weight is 259 g/mol. The first-order valence-corrected chi connectivity index (χ1v) is 7.13. The first kappa shape index (κ1) is 13.7. The topological polar surface area (TPSA) is 82.5 Å². The third-order valence-electron chi connectivity index (χ3n) is 2.09. The fourth-order valence-electron chi connectivity index (χ4n) is 1.44. The van der Waals surface area contributed by atoms with Crippen LogP contribution in [0.25, 0.3) is 0 Å². The minimum absolute atomic E-state index is 0.00571. The van der Waals surface area contributed by atoms with Crippen LogP contribution in [0.15, 0.2) is 18.3 Å². The van der Waals surface area contributed by atoms with Gasteiger partial charge in [0.15, 0.2) is 5.82 Å². The molecule has 17 heavy (non-hydrogen) atoms. The molecule has 0 unspecified atom stereocenters. The van der Waals surface area contributed by atoms with Crippen molar-refractivity contribution in [2.24, 2.45) is 0 Å². The summed E-state index contributed by atoms with van der Waals surface area (Å²) in [6.07, 6.45) is 2.61. The van der Waals surface area contributed by atoms with E-state index in [9.17, 15) is 8.42 Å². The van der Waals surface area contributed by atoms with E-state index in [0.717, 1.165) is 10.6 Å². The monoisotopic (exact) mass is 259 g/mol. The minimum atomic E-state index is -3.45. The van der Waals surface area contributed by atoms with Crippen LogP contribution in [0.4, 0.5) is 11.5 Å². The van der Waals surface area contributed by atoms with Gasteiger partial charge in [0, 0.05) is 12.7 Å². The number of anilines is 2. The van der Waals surface area contributed by atoms with E-state index in [0.29, 0.717) is 18.1 Å². The van der Waals surface area contributed by atoms with Gasteiger partial charge in [-0.3, -0.25) is 0 Å². The summed E-state index contributed by atoms with van der Waals surface area (Å²) in [5.74, 6) is 0.311. The van der Waals surface area contributed by atoms with Gasteiger partial charge in [-0.25, -0.2) is 17.7 Å². The summed E-state index contributed by atoms with van der Waals surface area (Å²) in [6.45, 7) is 2.31. The highest BCUT2D eigenvalue weighted by Gasteiger charge is 2.20. The standard InChI is InChI=1S/C10H17N3O3S/c1-3-11-9-5-4-6-12-10(9)13(7-8-14)17(2,15)16/h4-6,11,14H,3,7-8H2,1-2H3. The molecule has 0 spiro atoms. The van der Waals surface area contributed by atoms with E-state index in [2.05, 4.69) is 10.3 Å². The van der Waals surface area contributed by atoms with Crippen LogP contribution in [0.5, 0.6) is 0 Å². The Balaban J connectivity index is 3.18. The smallest absolute Gasteiger partial charge is 0.233 e. The predicted molar refractivity (Wildman–Crippen MR) is 67.7 cm³/mol. The van der Waals surface area contributed by atoms with Crippen LogP contribution in [-0.4, -0.2) is 44.5 Å². The van der Waals surface area contributed by atoms with Gasteiger partial charge in [0.1, 0.15) is 0 Å². The van der Waals surface area contributed by atoms with Crippen molar-refractivity contribution in [1.29, 1.82) is 0 Å². The molecule has 1 aromatic heterocycles. The summed E-state index contributed by atoms with van der Waals surface area (Å²) in [7, 11) is -3.45. The van der Waals surface area contributed by atoms with Crippen molar-refractivity contribution in [3.8, 4) is 0 Å². The molecule has 0 aromatic carbocycles. The maximum Gasteiger partial charge on any atom is 0.233 e. The fraction of sp³-hybridized carbons (Fsp3) is 0.500. The molecule has 0 aliphatic carbocycles. The Morgan fingerprint density at radius 2 is 2.24 bits per heavy atom. The molecular formula is C10H17N3O3S. The second-order valence-corrected chi connectivity index (χ2v) is 5.37. The number of nitrogens with zero attached hydrogens (tertiary/aromatic N) is 2. The zero-order valence-electron chi connectivity index (χ0n) is 9.92. The summed E-state index contributed by atoms with van der Waals surface area (Å²) in [6, 6.07) is 3.47. The molecule has 2 N–H and O–H groups in total. The molecule has 96 valence electrons. The Bertz CT molecular complexity index is 462. The lowest BCUT2D eigenvalue weighted by Crippen LogP contribution is -2.33. The number of aliphatic hydroxyl groups is 1. The van der Waals surface area contributed by atoms with E-state index >= 15 is 0 Å². The number of hydrogen-bond donors (Lipinski definition) is 2. The van der Waals surface area contributed by atoms with Crippen LogP contribution in [0.1, 0.15) is 6.92 Å². The van der Waals surface area contributed by atoms with E-state index in [1.807, 2.05) is 6.92 Å². The molecule has 1 aromatic rings. The van der Waals surface area contributed by atoms with Crippen molar-refractivity contribution < 1.29 is 13.5 Å². The summed E-state index contributed by atoms with van der Waals surface area (Å²) < 4.78 is 24.3. The van der Waals surface area contributed by atoms with Crippen molar-refractivity contribution >= 4 is 21.5 Å². The van der Waals surface area contributed by atoms with Crippen LogP contribution in [0.2, 0.25) is 0 Å². The number of rotatable bonds is 6. The van der Waals surface area contributed by atoms with Crippen LogP contribution in [0.3, 0.4) is 0 Å². The molecule has 0 saturated carbocycles. The molecule has 0 amide bonds. The molecule has 0 radical (unpaired) electrons. The van der Waals surface area contributed by atoms with Gasteiger partial charge in [-0.05, 0) is 19.1 Å². The second-order valence-electron chi connectivity index (χ2n) is 3.46. The Kier molecular flexibility index (Phi) is 4.71. The van der Waals surface area contributed by atoms with Gasteiger partial charge >= 0.3 is 0 Å². The summed E-state index contributed by atoms with van der Waals surface area (Å²) in [5.41, 5.74) is 0.633. The number of nitrogens with one attached hydrogen (secondary N) is 1. The van der Waals surface area contributed by atoms with Crippen molar-refractivity contribution in [1.82, 2.24) is 4.98 Å². The average Bonchev–Trinajstić information content (AvgIpc) is 2.26. The molecule has 7 heteroatoms. The van der Waals surface area contributed by atoms with E-state index < -0.39 is 10.0 Å². The zero-order chi connectivity index (χ0) is 12.9. The maximum atomic E-state index is 11.6. The first-order chi connectivity index (χ1) is 8.00. The minimum Gasteiger partial charge on any atom is -0.394 e. The number of aliphatic hydroxyl groups excluding tert-OH is 1. The number of pyridine rings is 1. The third kappa shape index (κ3) is 3.57. The van der Waals surface area contributed by atoms with E-state index in [-0.39, 0.29) is 13.2 Å². The van der Waals surface area contributed by atoms with Gasteiger partial charge in [0.25, 0.3) is 0 Å². The number of hydrogen-bond acceptors (Lipinski definition) is 5. The quantitative estimate of drug-likeness (QED) is 0.766. The van der Waals surface area contributed by atoms with Crippen molar-refractivity contribution in [3.05, 3.63) is 18.3 Å². The lowest BCUT2D eigenvalue weighted by Gasteiger charge is -2.22. The van der Waals surface area contributed by atoms with Gasteiger partial charge in [-0.15, -0.1) is 0 Å². The summed E-state index contributed by atoms with van der Waals surface area (Å²) in [4.78, 5) is 4.06. The lowest BCUT2D eigenvalue weighted by atomic mass is 10.3. The second kappa shape index (κ2) is 5.83. The highest BCUT2D eigenvalue weighted by molar-refractivity contribution is 7.92. The van der Waals surface area contributed by atoms with Gasteiger partial charge in [0.05, 0.1) is 25.1 Å². The zero-order valence-corrected chi connectivity index (χ0v) is 10.7. The molecular weight excluding hydrogens is 242 g/mol. The number of aromatic nitrogens is 1. The maximum absolute atomic E-state index is 11.6. The van der Waals surface area contributed by atoms with Crippen LogP contribution < -0.4 is 9.62 Å². The first-order valence-electron chi connectivity index (χ1n) is 5.28. The molecule has 0 bridgehead atoms. The van der Waals surface area contributed by atoms with E-state index in [1.165, 1.54) is 6.20 Å². The normalized spacial score (nSPS) is 11.2. The Labute approximate surface area is 101 Å². The Hall–Kier alpha value is -1.34. The molecule has 0 atom stereocenters. The third-order valence-corrected chi connectivity index (χ3v) is 3.25. The van der Waals surface area contributed by atoms with Crippen LogP contribution in [-0.2, 0) is 10.0 Å². The molecule has 0 fully saturated rings. The van der Waals surface area contributed by atoms with Crippen LogP contribution >= 0.6 is 0 Å². The molecule has 1 heterocycles. The Morgan fingerprint density at radius 3 is 2.76 bits per heavy atom. The lowest BCUT2D eigenvalue weighted by molar-refractivity contribution is 0.306. The van der Waals surface area contributed by atoms with Gasteiger partial charge in [-0.1, -0.05) is 0 Å². The van der Waals surface area contributed by atoms with Crippen molar-refractivity contribution in [3.63, 3.8) is 0 Å². The van der Waals surface area contributed by atoms with E-state index in [1.54, 1.807) is 12.1 Å². The molecule has 1 rings (SSSR count). The van der Waals surface area contributed by atoms with Gasteiger partial charge in [0.2, 0.25) is 10.0 Å². The summed E-state index contributed by atoms with van der Waals surface area (Å²) >= 11 is 0.